The molecule has 3 rings (SSSR count). The summed E-state index contributed by atoms with van der Waals surface area (Å²) >= 11 is 0. The normalized spacial score (nSPS) is 15.8. The van der Waals surface area contributed by atoms with Gasteiger partial charge in [-0.15, -0.1) is 0 Å². The molecule has 0 aliphatic heterocycles. The Bertz CT molecular complexity index is 604. The summed E-state index contributed by atoms with van der Waals surface area (Å²) in [5, 5.41) is 8.01. The molecule has 1 aliphatic carbocycles. The minimum absolute atomic E-state index is 0.619. The standard InChI is InChI=1S/C16H25N5/c1-4-15-13(11-20(3)19-15)9-17-16-18-12(2)10-21(16)14-7-5-6-8-14/h10-11,14H,4-9H2,1-3H3,(H,17,18). The number of aromatic nitrogens is 4. The molecule has 0 bridgehead atoms. The van der Waals surface area contributed by atoms with E-state index >= 15 is 0 Å². The van der Waals surface area contributed by atoms with Gasteiger partial charge >= 0.3 is 0 Å². The molecule has 2 aromatic heterocycles. The largest absolute Gasteiger partial charge is 0.351 e. The van der Waals surface area contributed by atoms with Crippen molar-refractivity contribution in [2.24, 2.45) is 7.05 Å². The van der Waals surface area contributed by atoms with E-state index in [1.807, 2.05) is 11.7 Å². The van der Waals surface area contributed by atoms with Gasteiger partial charge in [-0.2, -0.15) is 5.10 Å². The molecule has 114 valence electrons. The van der Waals surface area contributed by atoms with Crippen LogP contribution in [0.1, 0.15) is 55.6 Å². The zero-order chi connectivity index (χ0) is 14.8. The minimum Gasteiger partial charge on any atom is -0.351 e. The second-order valence-electron chi connectivity index (χ2n) is 6.03. The van der Waals surface area contributed by atoms with Crippen molar-refractivity contribution in [3.05, 3.63) is 29.3 Å². The highest BCUT2D eigenvalue weighted by molar-refractivity contribution is 5.32. The van der Waals surface area contributed by atoms with Gasteiger partial charge < -0.3 is 9.88 Å². The van der Waals surface area contributed by atoms with Crippen LogP contribution in [0.3, 0.4) is 0 Å². The summed E-state index contributed by atoms with van der Waals surface area (Å²) in [5.74, 6) is 1.00. The number of nitrogens with zero attached hydrogens (tertiary/aromatic N) is 4. The monoisotopic (exact) mass is 287 g/mol. The van der Waals surface area contributed by atoms with Crippen LogP contribution < -0.4 is 5.32 Å². The van der Waals surface area contributed by atoms with E-state index in [-0.39, 0.29) is 0 Å². The number of aryl methyl sites for hydroxylation is 3. The van der Waals surface area contributed by atoms with Crippen LogP contribution >= 0.6 is 0 Å². The first-order chi connectivity index (χ1) is 10.2. The van der Waals surface area contributed by atoms with E-state index in [1.54, 1.807) is 0 Å². The summed E-state index contributed by atoms with van der Waals surface area (Å²) in [6, 6.07) is 0.619. The molecule has 2 heterocycles. The van der Waals surface area contributed by atoms with Gasteiger partial charge in [-0.05, 0) is 26.2 Å². The zero-order valence-corrected chi connectivity index (χ0v) is 13.3. The Balaban J connectivity index is 1.75. The fourth-order valence-electron chi connectivity index (χ4n) is 3.31. The van der Waals surface area contributed by atoms with Gasteiger partial charge in [-0.25, -0.2) is 4.98 Å². The first kappa shape index (κ1) is 14.2. The van der Waals surface area contributed by atoms with Crippen molar-refractivity contribution in [2.75, 3.05) is 5.32 Å². The van der Waals surface area contributed by atoms with Crippen LogP contribution in [0, 0.1) is 6.92 Å². The van der Waals surface area contributed by atoms with Gasteiger partial charge in [0.15, 0.2) is 0 Å². The summed E-state index contributed by atoms with van der Waals surface area (Å²) in [6.45, 7) is 5.01. The highest BCUT2D eigenvalue weighted by atomic mass is 15.3. The molecular weight excluding hydrogens is 262 g/mol. The van der Waals surface area contributed by atoms with Crippen LogP contribution in [0.5, 0.6) is 0 Å². The fraction of sp³-hybridized carbons (Fsp3) is 0.625. The Kier molecular flexibility index (Phi) is 3.99. The van der Waals surface area contributed by atoms with Gasteiger partial charge in [-0.3, -0.25) is 4.68 Å². The maximum absolute atomic E-state index is 4.66. The second kappa shape index (κ2) is 5.92. The molecule has 5 nitrogen and oxygen atoms in total. The summed E-state index contributed by atoms with van der Waals surface area (Å²) in [7, 11) is 1.98. The highest BCUT2D eigenvalue weighted by Crippen LogP contribution is 2.32. The molecule has 0 radical (unpaired) electrons. The van der Waals surface area contributed by atoms with E-state index in [1.165, 1.54) is 36.9 Å². The molecule has 2 aromatic rings. The Labute approximate surface area is 126 Å². The second-order valence-corrected chi connectivity index (χ2v) is 6.03. The van der Waals surface area contributed by atoms with Gasteiger partial charge in [0.25, 0.3) is 0 Å². The van der Waals surface area contributed by atoms with Crippen molar-refractivity contribution in [1.82, 2.24) is 19.3 Å². The van der Waals surface area contributed by atoms with E-state index in [4.69, 9.17) is 0 Å². The summed E-state index contributed by atoms with van der Waals surface area (Å²) < 4.78 is 4.23. The molecule has 21 heavy (non-hydrogen) atoms. The van der Waals surface area contributed by atoms with Crippen molar-refractivity contribution in [2.45, 2.75) is 58.5 Å². The molecule has 0 aromatic carbocycles. The maximum Gasteiger partial charge on any atom is 0.203 e. The SMILES string of the molecule is CCc1nn(C)cc1CNc1nc(C)cn1C1CCCC1. The van der Waals surface area contributed by atoms with Crippen molar-refractivity contribution < 1.29 is 0 Å². The molecule has 0 spiro atoms. The first-order valence-corrected chi connectivity index (χ1v) is 7.98. The van der Waals surface area contributed by atoms with Gasteiger partial charge in [0, 0.05) is 37.6 Å². The van der Waals surface area contributed by atoms with E-state index in [9.17, 15) is 0 Å². The summed E-state index contributed by atoms with van der Waals surface area (Å²) in [4.78, 5) is 4.66. The molecule has 1 saturated carbocycles. The number of rotatable bonds is 5. The Hall–Kier alpha value is -1.78. The number of hydrogen-bond acceptors (Lipinski definition) is 3. The third kappa shape index (κ3) is 2.96. The number of imidazole rings is 1. The lowest BCUT2D eigenvalue weighted by molar-refractivity contribution is 0.522. The lowest BCUT2D eigenvalue weighted by Gasteiger charge is -2.15. The van der Waals surface area contributed by atoms with Crippen LogP contribution in [0.25, 0.3) is 0 Å². The highest BCUT2D eigenvalue weighted by Gasteiger charge is 2.20. The van der Waals surface area contributed by atoms with Crippen LogP contribution in [0.2, 0.25) is 0 Å². The number of nitrogens with one attached hydrogen (secondary N) is 1. The van der Waals surface area contributed by atoms with E-state index in [0.29, 0.717) is 6.04 Å². The Morgan fingerprint density at radius 2 is 2.05 bits per heavy atom. The van der Waals surface area contributed by atoms with Crippen LogP contribution in [-0.4, -0.2) is 19.3 Å². The van der Waals surface area contributed by atoms with Crippen LogP contribution in [0.15, 0.2) is 12.4 Å². The minimum atomic E-state index is 0.619. The molecule has 0 atom stereocenters. The smallest absolute Gasteiger partial charge is 0.203 e. The van der Waals surface area contributed by atoms with Crippen molar-refractivity contribution in [3.63, 3.8) is 0 Å². The molecular formula is C16H25N5. The first-order valence-electron chi connectivity index (χ1n) is 7.98. The third-order valence-corrected chi connectivity index (χ3v) is 4.33. The maximum atomic E-state index is 4.66. The van der Waals surface area contributed by atoms with Crippen LogP contribution in [0.4, 0.5) is 5.95 Å². The number of anilines is 1. The Morgan fingerprint density at radius 3 is 2.76 bits per heavy atom. The molecule has 0 saturated heterocycles. The van der Waals surface area contributed by atoms with Crippen molar-refractivity contribution in [1.29, 1.82) is 0 Å². The molecule has 1 N–H and O–H groups in total. The molecule has 0 amide bonds. The topological polar surface area (TPSA) is 47.7 Å². The lowest BCUT2D eigenvalue weighted by Crippen LogP contribution is -2.11. The van der Waals surface area contributed by atoms with Gasteiger partial charge in [0.1, 0.15) is 0 Å². The number of hydrogen-bond donors (Lipinski definition) is 1. The van der Waals surface area contributed by atoms with Gasteiger partial charge in [0.2, 0.25) is 5.95 Å². The molecule has 5 heteroatoms. The van der Waals surface area contributed by atoms with Crippen LogP contribution in [-0.2, 0) is 20.0 Å². The van der Waals surface area contributed by atoms with Gasteiger partial charge in [0.05, 0.1) is 11.4 Å². The van der Waals surface area contributed by atoms with Crippen molar-refractivity contribution in [3.8, 4) is 0 Å². The molecule has 1 fully saturated rings. The van der Waals surface area contributed by atoms with E-state index < -0.39 is 0 Å². The summed E-state index contributed by atoms with van der Waals surface area (Å²) in [6.07, 6.45) is 10.5. The molecule has 0 unspecified atom stereocenters. The van der Waals surface area contributed by atoms with Gasteiger partial charge in [-0.1, -0.05) is 19.8 Å². The van der Waals surface area contributed by atoms with E-state index in [2.05, 4.69) is 46.2 Å². The third-order valence-electron chi connectivity index (χ3n) is 4.33. The average Bonchev–Trinajstić information content (AvgIpc) is 3.15. The Morgan fingerprint density at radius 1 is 1.29 bits per heavy atom. The fourth-order valence-corrected chi connectivity index (χ4v) is 3.31. The lowest BCUT2D eigenvalue weighted by atomic mass is 10.2. The molecule has 1 aliphatic rings. The van der Waals surface area contributed by atoms with Crippen molar-refractivity contribution >= 4 is 5.95 Å². The average molecular weight is 287 g/mol. The summed E-state index contributed by atoms with van der Waals surface area (Å²) in [5.41, 5.74) is 3.52. The predicted molar refractivity (Wildman–Crippen MR) is 84.4 cm³/mol. The zero-order valence-electron chi connectivity index (χ0n) is 13.3. The quantitative estimate of drug-likeness (QED) is 0.918. The predicted octanol–water partition coefficient (Wildman–Crippen LogP) is 3.21. The van der Waals surface area contributed by atoms with E-state index in [0.717, 1.165) is 24.6 Å².